The molecule has 1 fully saturated rings. The molecule has 3 aromatic rings. The molecule has 4 rings (SSSR count). The van der Waals surface area contributed by atoms with Gasteiger partial charge >= 0.3 is 0 Å². The summed E-state index contributed by atoms with van der Waals surface area (Å²) in [5, 5.41) is 10.6. The zero-order valence-corrected chi connectivity index (χ0v) is 16.2. The lowest BCUT2D eigenvalue weighted by molar-refractivity contribution is 0.0920. The summed E-state index contributed by atoms with van der Waals surface area (Å²) in [6.07, 6.45) is 4.31. The SMILES string of the molecule is OC(COc1ccccc1Br)Cn1c(C2CCCC2)nc2ccccc21. The fraction of sp³-hybridized carbons (Fsp3) is 0.381. The van der Waals surface area contributed by atoms with Crippen molar-refractivity contribution in [1.82, 2.24) is 9.55 Å². The number of aliphatic hydroxyl groups excluding tert-OH is 1. The standard InChI is InChI=1S/C21H23BrN2O2/c22-17-9-3-6-12-20(17)26-14-16(25)13-24-19-11-5-4-10-18(19)23-21(24)15-7-1-2-8-15/h3-6,9-12,15-16,25H,1-2,7-8,13-14H2. The summed E-state index contributed by atoms with van der Waals surface area (Å²) < 4.78 is 8.88. The number of aromatic nitrogens is 2. The molecule has 1 saturated carbocycles. The molecule has 2 aromatic carbocycles. The molecule has 26 heavy (non-hydrogen) atoms. The quantitative estimate of drug-likeness (QED) is 0.623. The van der Waals surface area contributed by atoms with Gasteiger partial charge in [0.2, 0.25) is 0 Å². The number of nitrogens with zero attached hydrogens (tertiary/aromatic N) is 2. The largest absolute Gasteiger partial charge is 0.490 e. The summed E-state index contributed by atoms with van der Waals surface area (Å²) in [5.74, 6) is 2.36. The van der Waals surface area contributed by atoms with Crippen LogP contribution in [0.25, 0.3) is 11.0 Å². The minimum atomic E-state index is -0.597. The maximum Gasteiger partial charge on any atom is 0.133 e. The van der Waals surface area contributed by atoms with Crippen LogP contribution in [0, 0.1) is 0 Å². The Hall–Kier alpha value is -1.85. The van der Waals surface area contributed by atoms with E-state index in [1.165, 1.54) is 25.7 Å². The van der Waals surface area contributed by atoms with Gasteiger partial charge in [0.15, 0.2) is 0 Å². The van der Waals surface area contributed by atoms with Crippen molar-refractivity contribution in [3.8, 4) is 5.75 Å². The van der Waals surface area contributed by atoms with Gasteiger partial charge in [0, 0.05) is 5.92 Å². The van der Waals surface area contributed by atoms with Crippen molar-refractivity contribution in [3.05, 3.63) is 58.8 Å². The molecule has 1 heterocycles. The van der Waals surface area contributed by atoms with Crippen molar-refractivity contribution >= 4 is 27.0 Å². The molecule has 4 nitrogen and oxygen atoms in total. The van der Waals surface area contributed by atoms with Crippen molar-refractivity contribution in [3.63, 3.8) is 0 Å². The number of fused-ring (bicyclic) bond motifs is 1. The molecule has 136 valence electrons. The van der Waals surface area contributed by atoms with Gasteiger partial charge in [0.25, 0.3) is 0 Å². The van der Waals surface area contributed by atoms with Gasteiger partial charge in [-0.2, -0.15) is 0 Å². The number of para-hydroxylation sites is 3. The predicted octanol–water partition coefficient (Wildman–Crippen LogP) is 4.90. The molecule has 0 saturated heterocycles. The minimum Gasteiger partial charge on any atom is -0.490 e. The zero-order chi connectivity index (χ0) is 17.9. The summed E-state index contributed by atoms with van der Waals surface area (Å²) in [4.78, 5) is 4.88. The van der Waals surface area contributed by atoms with E-state index in [1.54, 1.807) is 0 Å². The summed E-state index contributed by atoms with van der Waals surface area (Å²) >= 11 is 3.47. The second-order valence-corrected chi connectivity index (χ2v) is 7.80. The number of hydrogen-bond acceptors (Lipinski definition) is 3. The van der Waals surface area contributed by atoms with Gasteiger partial charge < -0.3 is 14.4 Å². The Kier molecular flexibility index (Phi) is 5.27. The molecule has 5 heteroatoms. The third-order valence-electron chi connectivity index (χ3n) is 5.07. The van der Waals surface area contributed by atoms with Crippen LogP contribution in [0.5, 0.6) is 5.75 Å². The summed E-state index contributed by atoms with van der Waals surface area (Å²) in [6, 6.07) is 15.9. The van der Waals surface area contributed by atoms with Crippen LogP contribution in [0.4, 0.5) is 0 Å². The molecule has 1 unspecified atom stereocenters. The van der Waals surface area contributed by atoms with E-state index in [-0.39, 0.29) is 6.61 Å². The van der Waals surface area contributed by atoms with Crippen molar-refractivity contribution < 1.29 is 9.84 Å². The Morgan fingerprint density at radius 3 is 2.65 bits per heavy atom. The van der Waals surface area contributed by atoms with E-state index >= 15 is 0 Å². The van der Waals surface area contributed by atoms with Gasteiger partial charge in [0.05, 0.1) is 22.1 Å². The number of benzene rings is 2. The molecule has 0 radical (unpaired) electrons. The monoisotopic (exact) mass is 414 g/mol. The van der Waals surface area contributed by atoms with Crippen LogP contribution in [-0.2, 0) is 6.54 Å². The summed E-state index contributed by atoms with van der Waals surface area (Å²) in [5.41, 5.74) is 2.10. The highest BCUT2D eigenvalue weighted by atomic mass is 79.9. The van der Waals surface area contributed by atoms with E-state index in [4.69, 9.17) is 9.72 Å². The number of halogens is 1. The van der Waals surface area contributed by atoms with Crippen LogP contribution in [0.3, 0.4) is 0 Å². The predicted molar refractivity (Wildman–Crippen MR) is 107 cm³/mol. The number of imidazole rings is 1. The first kappa shape index (κ1) is 17.6. The van der Waals surface area contributed by atoms with Crippen LogP contribution in [0.2, 0.25) is 0 Å². The molecule has 1 aromatic heterocycles. The van der Waals surface area contributed by atoms with Crippen molar-refractivity contribution in [2.75, 3.05) is 6.61 Å². The van der Waals surface area contributed by atoms with Crippen LogP contribution in [0.15, 0.2) is 53.0 Å². The highest BCUT2D eigenvalue weighted by Gasteiger charge is 2.24. The molecule has 1 aliphatic rings. The highest BCUT2D eigenvalue weighted by molar-refractivity contribution is 9.10. The average Bonchev–Trinajstić information content (AvgIpc) is 3.29. The number of aliphatic hydroxyl groups is 1. The third-order valence-corrected chi connectivity index (χ3v) is 5.72. The second-order valence-electron chi connectivity index (χ2n) is 6.95. The van der Waals surface area contributed by atoms with Gasteiger partial charge in [-0.15, -0.1) is 0 Å². The van der Waals surface area contributed by atoms with Gasteiger partial charge in [-0.1, -0.05) is 37.1 Å². The molecule has 1 N–H and O–H groups in total. The van der Waals surface area contributed by atoms with Crippen molar-refractivity contribution in [2.24, 2.45) is 0 Å². The molecule has 1 aliphatic carbocycles. The van der Waals surface area contributed by atoms with Crippen LogP contribution in [-0.4, -0.2) is 27.4 Å². The van der Waals surface area contributed by atoms with E-state index in [0.29, 0.717) is 12.5 Å². The Balaban J connectivity index is 1.53. The maximum absolute atomic E-state index is 10.6. The van der Waals surface area contributed by atoms with Crippen molar-refractivity contribution in [1.29, 1.82) is 0 Å². The first-order valence-corrected chi connectivity index (χ1v) is 10.0. The minimum absolute atomic E-state index is 0.249. The zero-order valence-electron chi connectivity index (χ0n) is 14.6. The lowest BCUT2D eigenvalue weighted by Crippen LogP contribution is -2.25. The van der Waals surface area contributed by atoms with Crippen molar-refractivity contribution in [2.45, 2.75) is 44.2 Å². The average molecular weight is 415 g/mol. The third kappa shape index (κ3) is 3.64. The van der Waals surface area contributed by atoms with E-state index < -0.39 is 6.10 Å². The molecule has 0 aliphatic heterocycles. The van der Waals surface area contributed by atoms with E-state index in [1.807, 2.05) is 42.5 Å². The van der Waals surface area contributed by atoms with Crippen LogP contribution < -0.4 is 4.74 Å². The number of hydrogen-bond donors (Lipinski definition) is 1. The first-order chi connectivity index (χ1) is 12.7. The molecule has 0 amide bonds. The smallest absolute Gasteiger partial charge is 0.133 e. The fourth-order valence-electron chi connectivity index (χ4n) is 3.79. The highest BCUT2D eigenvalue weighted by Crippen LogP contribution is 2.35. The summed E-state index contributed by atoms with van der Waals surface area (Å²) in [7, 11) is 0. The van der Waals surface area contributed by atoms with Gasteiger partial charge in [-0.05, 0) is 53.0 Å². The summed E-state index contributed by atoms with van der Waals surface area (Å²) in [6.45, 7) is 0.746. The molecule has 0 spiro atoms. The number of rotatable bonds is 6. The normalized spacial score (nSPS) is 16.2. The lowest BCUT2D eigenvalue weighted by atomic mass is 10.1. The Bertz CT molecular complexity index is 887. The number of ether oxygens (including phenoxy) is 1. The molecular weight excluding hydrogens is 392 g/mol. The topological polar surface area (TPSA) is 47.3 Å². The molecule has 1 atom stereocenters. The van der Waals surface area contributed by atoms with Gasteiger partial charge in [-0.25, -0.2) is 4.98 Å². The molecule has 0 bridgehead atoms. The second kappa shape index (κ2) is 7.80. The molecular formula is C21H23BrN2O2. The Labute approximate surface area is 161 Å². The fourth-order valence-corrected chi connectivity index (χ4v) is 4.19. The lowest BCUT2D eigenvalue weighted by Gasteiger charge is -2.18. The van der Waals surface area contributed by atoms with Crippen LogP contribution >= 0.6 is 15.9 Å². The van der Waals surface area contributed by atoms with Gasteiger partial charge in [-0.3, -0.25) is 0 Å². The van der Waals surface area contributed by atoms with E-state index in [0.717, 1.165) is 27.1 Å². The first-order valence-electron chi connectivity index (χ1n) is 9.23. The van der Waals surface area contributed by atoms with E-state index in [2.05, 4.69) is 26.6 Å². The van der Waals surface area contributed by atoms with Crippen LogP contribution in [0.1, 0.15) is 37.4 Å². The maximum atomic E-state index is 10.6. The Morgan fingerprint density at radius 1 is 1.12 bits per heavy atom. The van der Waals surface area contributed by atoms with E-state index in [9.17, 15) is 5.11 Å². The van der Waals surface area contributed by atoms with Gasteiger partial charge in [0.1, 0.15) is 24.3 Å². The Morgan fingerprint density at radius 2 is 1.85 bits per heavy atom.